The van der Waals surface area contributed by atoms with Gasteiger partial charge in [0.2, 0.25) is 11.8 Å². The number of nitrogens with one attached hydrogen (secondary N) is 2. The molecular formula is C31H40N8O2S. The van der Waals surface area contributed by atoms with Crippen LogP contribution in [0.5, 0.6) is 5.88 Å². The van der Waals surface area contributed by atoms with Crippen LogP contribution in [0.2, 0.25) is 0 Å². The van der Waals surface area contributed by atoms with Crippen LogP contribution in [0.3, 0.4) is 0 Å². The van der Waals surface area contributed by atoms with Crippen molar-refractivity contribution in [1.82, 2.24) is 29.3 Å². The molecule has 6 rings (SSSR count). The number of aryl methyl sites for hydroxylation is 2. The van der Waals surface area contributed by atoms with Crippen molar-refractivity contribution < 1.29 is 9.53 Å². The van der Waals surface area contributed by atoms with Crippen molar-refractivity contribution in [2.24, 2.45) is 11.3 Å². The van der Waals surface area contributed by atoms with Crippen molar-refractivity contribution in [2.45, 2.75) is 60.4 Å². The summed E-state index contributed by atoms with van der Waals surface area (Å²) in [5.74, 6) is 1.31. The van der Waals surface area contributed by atoms with Crippen LogP contribution < -0.4 is 15.4 Å². The topological polar surface area (TPSA) is 102 Å². The van der Waals surface area contributed by atoms with Crippen LogP contribution in [-0.2, 0) is 11.3 Å². The lowest BCUT2D eigenvalue weighted by molar-refractivity contribution is -0.120. The summed E-state index contributed by atoms with van der Waals surface area (Å²) in [5, 5.41) is 15.8. The fourth-order valence-electron chi connectivity index (χ4n) is 6.02. The average molecular weight is 589 g/mol. The number of fused-ring (bicyclic) bond motifs is 2. The second kappa shape index (κ2) is 11.2. The molecule has 222 valence electrons. The lowest BCUT2D eigenvalue weighted by Gasteiger charge is -2.45. The number of hydrogen-bond donors (Lipinski definition) is 2. The number of aromatic nitrogens is 5. The second-order valence-corrected chi connectivity index (χ2v) is 13.5. The number of amides is 1. The van der Waals surface area contributed by atoms with Crippen molar-refractivity contribution in [2.75, 3.05) is 36.9 Å². The molecule has 1 saturated heterocycles. The first-order valence-electron chi connectivity index (χ1n) is 14.7. The molecular weight excluding hydrogens is 548 g/mol. The molecule has 0 radical (unpaired) electrons. The molecule has 0 saturated carbocycles. The Morgan fingerprint density at radius 1 is 1.21 bits per heavy atom. The largest absolute Gasteiger partial charge is 0.477 e. The molecule has 4 aromatic heterocycles. The smallest absolute Gasteiger partial charge is 0.238 e. The molecule has 0 spiro atoms. The van der Waals surface area contributed by atoms with Gasteiger partial charge in [0.25, 0.3) is 0 Å². The van der Waals surface area contributed by atoms with Crippen LogP contribution in [0, 0.1) is 25.2 Å². The Kier molecular flexibility index (Phi) is 7.57. The SMILES string of the molecule is C=C(Nc1cc(NC(=O)CN2CC(C)(C)C2)cnc1C)c1cnn2cc(-c3c(C)nn4c3OCC(CCCC)C4)sc12. The van der Waals surface area contributed by atoms with E-state index >= 15 is 0 Å². The highest BCUT2D eigenvalue weighted by molar-refractivity contribution is 7.21. The Bertz CT molecular complexity index is 1640. The summed E-state index contributed by atoms with van der Waals surface area (Å²) < 4.78 is 10.2. The van der Waals surface area contributed by atoms with Crippen LogP contribution in [0.1, 0.15) is 57.0 Å². The predicted molar refractivity (Wildman–Crippen MR) is 168 cm³/mol. The zero-order chi connectivity index (χ0) is 29.6. The monoisotopic (exact) mass is 588 g/mol. The zero-order valence-corrected chi connectivity index (χ0v) is 26.0. The van der Waals surface area contributed by atoms with Crippen molar-refractivity contribution in [3.05, 3.63) is 48.2 Å². The highest BCUT2D eigenvalue weighted by atomic mass is 32.1. The molecule has 1 fully saturated rings. The number of ether oxygens (including phenoxy) is 1. The number of hydrogen-bond acceptors (Lipinski definition) is 8. The molecule has 0 bridgehead atoms. The molecule has 4 aromatic rings. The first-order chi connectivity index (χ1) is 20.1. The van der Waals surface area contributed by atoms with E-state index in [1.165, 1.54) is 12.8 Å². The minimum Gasteiger partial charge on any atom is -0.477 e. The molecule has 2 aliphatic rings. The maximum absolute atomic E-state index is 12.6. The molecule has 1 unspecified atom stereocenters. The third-order valence-electron chi connectivity index (χ3n) is 8.03. The van der Waals surface area contributed by atoms with Gasteiger partial charge in [0.1, 0.15) is 4.83 Å². The molecule has 11 heteroatoms. The Morgan fingerprint density at radius 3 is 2.79 bits per heavy atom. The number of carbonyl (C=O) groups excluding carboxylic acids is 1. The number of likely N-dealkylation sites (tertiary alicyclic amines) is 1. The average Bonchev–Trinajstić information content (AvgIpc) is 3.59. The van der Waals surface area contributed by atoms with Crippen molar-refractivity contribution in [3.63, 3.8) is 0 Å². The zero-order valence-electron chi connectivity index (χ0n) is 25.2. The van der Waals surface area contributed by atoms with E-state index in [0.717, 1.165) is 76.5 Å². The van der Waals surface area contributed by atoms with E-state index in [4.69, 9.17) is 9.84 Å². The maximum Gasteiger partial charge on any atom is 0.238 e. The number of unbranched alkanes of at least 4 members (excludes halogenated alkanes) is 1. The van der Waals surface area contributed by atoms with Gasteiger partial charge < -0.3 is 15.4 Å². The van der Waals surface area contributed by atoms with Gasteiger partial charge in [-0.2, -0.15) is 10.2 Å². The van der Waals surface area contributed by atoms with Gasteiger partial charge in [0.15, 0.2) is 0 Å². The van der Waals surface area contributed by atoms with Gasteiger partial charge in [0, 0.05) is 30.9 Å². The second-order valence-electron chi connectivity index (χ2n) is 12.5. The van der Waals surface area contributed by atoms with Crippen molar-refractivity contribution in [1.29, 1.82) is 0 Å². The van der Waals surface area contributed by atoms with Gasteiger partial charge in [-0.15, -0.1) is 11.3 Å². The Balaban J connectivity index is 1.17. The van der Waals surface area contributed by atoms with E-state index in [1.54, 1.807) is 17.5 Å². The molecule has 42 heavy (non-hydrogen) atoms. The molecule has 1 atom stereocenters. The summed E-state index contributed by atoms with van der Waals surface area (Å²) in [4.78, 5) is 21.3. The Labute approximate surface area is 250 Å². The number of carbonyl (C=O) groups is 1. The minimum atomic E-state index is -0.0384. The van der Waals surface area contributed by atoms with Gasteiger partial charge in [-0.25, -0.2) is 9.20 Å². The molecule has 0 aliphatic carbocycles. The predicted octanol–water partition coefficient (Wildman–Crippen LogP) is 5.83. The van der Waals surface area contributed by atoms with E-state index in [9.17, 15) is 4.79 Å². The van der Waals surface area contributed by atoms with E-state index in [1.807, 2.05) is 41.5 Å². The van der Waals surface area contributed by atoms with E-state index in [2.05, 4.69) is 53.0 Å². The molecule has 0 aromatic carbocycles. The third kappa shape index (κ3) is 5.67. The summed E-state index contributed by atoms with van der Waals surface area (Å²) in [6, 6.07) is 1.90. The molecule has 2 N–H and O–H groups in total. The molecule has 1 amide bonds. The molecule has 10 nitrogen and oxygen atoms in total. The number of nitrogens with zero attached hydrogens (tertiary/aromatic N) is 6. The van der Waals surface area contributed by atoms with Crippen molar-refractivity contribution in [3.8, 4) is 16.3 Å². The fraction of sp³-hybridized carbons (Fsp3) is 0.484. The van der Waals surface area contributed by atoms with Gasteiger partial charge in [-0.1, -0.05) is 40.2 Å². The van der Waals surface area contributed by atoms with Crippen LogP contribution in [0.4, 0.5) is 11.4 Å². The molecule has 2 aliphatic heterocycles. The van der Waals surface area contributed by atoms with Crippen LogP contribution in [0.25, 0.3) is 21.0 Å². The fourth-order valence-corrected chi connectivity index (χ4v) is 7.20. The Hall–Kier alpha value is -3.70. The van der Waals surface area contributed by atoms with Gasteiger partial charge in [0.05, 0.1) is 70.9 Å². The van der Waals surface area contributed by atoms with Gasteiger partial charge in [-0.3, -0.25) is 14.7 Å². The number of anilines is 2. The lowest BCUT2D eigenvalue weighted by Crippen LogP contribution is -2.54. The van der Waals surface area contributed by atoms with Crippen LogP contribution in [-0.4, -0.2) is 61.4 Å². The number of thiazole rings is 1. The summed E-state index contributed by atoms with van der Waals surface area (Å²) in [7, 11) is 0. The quantitative estimate of drug-likeness (QED) is 0.240. The normalized spacial score (nSPS) is 17.9. The van der Waals surface area contributed by atoms with Crippen LogP contribution >= 0.6 is 11.3 Å². The van der Waals surface area contributed by atoms with Crippen LogP contribution in [0.15, 0.2) is 31.2 Å². The van der Waals surface area contributed by atoms with Gasteiger partial charge >= 0.3 is 0 Å². The highest BCUT2D eigenvalue weighted by Gasteiger charge is 2.34. The number of rotatable bonds is 10. The highest BCUT2D eigenvalue weighted by Crippen LogP contribution is 2.41. The number of pyridine rings is 1. The summed E-state index contributed by atoms with van der Waals surface area (Å²) in [6.45, 7) is 18.8. The van der Waals surface area contributed by atoms with Crippen molar-refractivity contribution >= 4 is 39.1 Å². The van der Waals surface area contributed by atoms with E-state index < -0.39 is 0 Å². The standard InChI is InChI=1S/C31H40N8O2S/c1-7-8-9-22-13-38-29(41-16-22)28(21(4)36-38)26-14-39-30(42-26)24(12-33-39)19(2)34-25-10-23(11-32-20(25)3)35-27(40)15-37-17-31(5,6)18-37/h10-12,14,22,34H,2,7-9,13,15-18H2,1,3-6H3,(H,35,40). The lowest BCUT2D eigenvalue weighted by atomic mass is 9.84. The Morgan fingerprint density at radius 2 is 2.02 bits per heavy atom. The molecule has 6 heterocycles. The summed E-state index contributed by atoms with van der Waals surface area (Å²) >= 11 is 1.65. The van der Waals surface area contributed by atoms with E-state index in [0.29, 0.717) is 23.8 Å². The minimum absolute atomic E-state index is 0.0384. The first-order valence-corrected chi connectivity index (χ1v) is 15.5. The third-order valence-corrected chi connectivity index (χ3v) is 9.16. The van der Waals surface area contributed by atoms with Gasteiger partial charge in [-0.05, 0) is 31.7 Å². The summed E-state index contributed by atoms with van der Waals surface area (Å²) in [5.41, 5.74) is 6.14. The van der Waals surface area contributed by atoms with E-state index in [-0.39, 0.29) is 11.3 Å². The summed E-state index contributed by atoms with van der Waals surface area (Å²) in [6.07, 6.45) is 9.12. The maximum atomic E-state index is 12.6. The first kappa shape index (κ1) is 28.4.